The van der Waals surface area contributed by atoms with Gasteiger partial charge in [0.15, 0.2) is 0 Å². The summed E-state index contributed by atoms with van der Waals surface area (Å²) >= 11 is 0. The second kappa shape index (κ2) is 4.60. The first kappa shape index (κ1) is 12.1. The van der Waals surface area contributed by atoms with Gasteiger partial charge in [0, 0.05) is 17.7 Å². The van der Waals surface area contributed by atoms with Gasteiger partial charge >= 0.3 is 5.97 Å². The molecule has 1 aliphatic carbocycles. The highest BCUT2D eigenvalue weighted by Gasteiger charge is 2.40. The maximum Gasteiger partial charge on any atom is 0.307 e. The molecule has 0 N–H and O–H groups in total. The number of nitrogens with zero attached hydrogens (tertiary/aromatic N) is 2. The van der Waals surface area contributed by atoms with Crippen LogP contribution in [0.4, 0.5) is 0 Å². The number of methoxy groups -OCH3 is 1. The second-order valence-corrected chi connectivity index (χ2v) is 4.76. The third-order valence-corrected chi connectivity index (χ3v) is 3.61. The monoisotopic (exact) mass is 264 g/mol. The predicted molar refractivity (Wildman–Crippen MR) is 64.9 cm³/mol. The van der Waals surface area contributed by atoms with E-state index >= 15 is 0 Å². The van der Waals surface area contributed by atoms with Crippen LogP contribution in [0.3, 0.4) is 0 Å². The molecular formula is C13H16N2O4. The first-order valence-electron chi connectivity index (χ1n) is 6.33. The lowest BCUT2D eigenvalue weighted by Gasteiger charge is -2.31. The summed E-state index contributed by atoms with van der Waals surface area (Å²) in [7, 11) is 1.40. The standard InChI is InChI=1S/C13H16N2O4/c1-17-12(16)3-5-15-11-2-4-13(18-6-7-19-13)8-10(11)9-14-15/h6-7,9H,2-5,8H2,1H3. The molecule has 0 saturated heterocycles. The van der Waals surface area contributed by atoms with E-state index in [2.05, 4.69) is 9.84 Å². The van der Waals surface area contributed by atoms with Gasteiger partial charge in [-0.1, -0.05) is 0 Å². The number of esters is 1. The number of fused-ring (bicyclic) bond motifs is 1. The largest absolute Gasteiger partial charge is 0.469 e. The molecule has 0 amide bonds. The number of aryl methyl sites for hydroxylation is 1. The van der Waals surface area contributed by atoms with Crippen molar-refractivity contribution in [3.63, 3.8) is 0 Å². The van der Waals surface area contributed by atoms with Crippen molar-refractivity contribution >= 4 is 5.97 Å². The molecule has 102 valence electrons. The topological polar surface area (TPSA) is 62.6 Å². The zero-order valence-corrected chi connectivity index (χ0v) is 10.8. The molecule has 2 heterocycles. The van der Waals surface area contributed by atoms with Gasteiger partial charge in [0.2, 0.25) is 0 Å². The number of hydrogen-bond donors (Lipinski definition) is 0. The maximum absolute atomic E-state index is 11.2. The number of hydrogen-bond acceptors (Lipinski definition) is 5. The molecule has 0 unspecified atom stereocenters. The lowest BCUT2D eigenvalue weighted by Crippen LogP contribution is -2.37. The minimum Gasteiger partial charge on any atom is -0.469 e. The van der Waals surface area contributed by atoms with E-state index in [4.69, 9.17) is 9.47 Å². The SMILES string of the molecule is COC(=O)CCn1ncc2c1CCC1(C2)OC=CO1. The first-order valence-corrected chi connectivity index (χ1v) is 6.33. The van der Waals surface area contributed by atoms with Crippen molar-refractivity contribution in [1.29, 1.82) is 0 Å². The molecule has 19 heavy (non-hydrogen) atoms. The maximum atomic E-state index is 11.2. The van der Waals surface area contributed by atoms with E-state index in [1.54, 1.807) is 12.5 Å². The van der Waals surface area contributed by atoms with Crippen molar-refractivity contribution < 1.29 is 19.0 Å². The first-order chi connectivity index (χ1) is 9.22. The van der Waals surface area contributed by atoms with Gasteiger partial charge in [-0.15, -0.1) is 0 Å². The Hall–Kier alpha value is -1.98. The normalized spacial score (nSPS) is 18.8. The van der Waals surface area contributed by atoms with Gasteiger partial charge in [0.25, 0.3) is 5.79 Å². The number of carbonyl (C=O) groups is 1. The fraction of sp³-hybridized carbons (Fsp3) is 0.538. The summed E-state index contributed by atoms with van der Waals surface area (Å²) in [5, 5.41) is 4.34. The summed E-state index contributed by atoms with van der Waals surface area (Å²) in [5.74, 6) is -0.758. The summed E-state index contributed by atoms with van der Waals surface area (Å²) < 4.78 is 17.6. The molecule has 1 aliphatic heterocycles. The van der Waals surface area contributed by atoms with Crippen LogP contribution in [0.25, 0.3) is 0 Å². The van der Waals surface area contributed by atoms with E-state index in [0.717, 1.165) is 24.1 Å². The third kappa shape index (κ3) is 2.18. The van der Waals surface area contributed by atoms with Crippen molar-refractivity contribution in [1.82, 2.24) is 9.78 Å². The lowest BCUT2D eigenvalue weighted by atomic mass is 9.92. The molecule has 2 aliphatic rings. The van der Waals surface area contributed by atoms with Gasteiger partial charge < -0.3 is 14.2 Å². The summed E-state index contributed by atoms with van der Waals surface area (Å²) in [6.07, 6.45) is 7.66. The van der Waals surface area contributed by atoms with E-state index in [0.29, 0.717) is 19.4 Å². The highest BCUT2D eigenvalue weighted by Crippen LogP contribution is 2.35. The average molecular weight is 264 g/mol. The fourth-order valence-electron chi connectivity index (χ4n) is 2.60. The highest BCUT2D eigenvalue weighted by atomic mass is 16.7. The zero-order valence-electron chi connectivity index (χ0n) is 10.8. The number of carbonyl (C=O) groups excluding carboxylic acids is 1. The Morgan fingerprint density at radius 1 is 1.53 bits per heavy atom. The molecule has 6 nitrogen and oxygen atoms in total. The van der Waals surface area contributed by atoms with Gasteiger partial charge in [0.1, 0.15) is 12.5 Å². The van der Waals surface area contributed by atoms with Crippen molar-refractivity contribution in [3.8, 4) is 0 Å². The van der Waals surface area contributed by atoms with Crippen LogP contribution >= 0.6 is 0 Å². The van der Waals surface area contributed by atoms with Gasteiger partial charge in [-0.2, -0.15) is 5.10 Å². The van der Waals surface area contributed by atoms with Crippen LogP contribution in [-0.2, 0) is 38.4 Å². The van der Waals surface area contributed by atoms with Crippen LogP contribution in [0.2, 0.25) is 0 Å². The number of aromatic nitrogens is 2. The molecule has 0 radical (unpaired) electrons. The molecule has 1 spiro atoms. The van der Waals surface area contributed by atoms with E-state index < -0.39 is 5.79 Å². The Balaban J connectivity index is 1.71. The van der Waals surface area contributed by atoms with Gasteiger partial charge in [-0.3, -0.25) is 9.48 Å². The summed E-state index contributed by atoms with van der Waals surface area (Å²) in [4.78, 5) is 11.2. The van der Waals surface area contributed by atoms with Crippen molar-refractivity contribution in [2.45, 2.75) is 38.0 Å². The molecule has 0 bridgehead atoms. The Labute approximate surface area is 110 Å². The minimum absolute atomic E-state index is 0.219. The van der Waals surface area contributed by atoms with Gasteiger partial charge in [-0.05, 0) is 6.42 Å². The molecule has 0 fully saturated rings. The lowest BCUT2D eigenvalue weighted by molar-refractivity contribution is -0.149. The van der Waals surface area contributed by atoms with E-state index in [9.17, 15) is 4.79 Å². The van der Waals surface area contributed by atoms with Crippen LogP contribution in [0, 0.1) is 0 Å². The molecule has 0 saturated carbocycles. The molecule has 3 rings (SSSR count). The second-order valence-electron chi connectivity index (χ2n) is 4.76. The molecule has 0 aromatic carbocycles. The van der Waals surface area contributed by atoms with Crippen LogP contribution in [0.15, 0.2) is 18.7 Å². The van der Waals surface area contributed by atoms with E-state index in [1.807, 2.05) is 10.9 Å². The zero-order chi connectivity index (χ0) is 13.3. The summed E-state index contributed by atoms with van der Waals surface area (Å²) in [6, 6.07) is 0. The summed E-state index contributed by atoms with van der Waals surface area (Å²) in [5.41, 5.74) is 2.29. The van der Waals surface area contributed by atoms with Crippen LogP contribution in [0.1, 0.15) is 24.1 Å². The molecule has 6 heteroatoms. The smallest absolute Gasteiger partial charge is 0.307 e. The summed E-state index contributed by atoms with van der Waals surface area (Å²) in [6.45, 7) is 0.551. The van der Waals surface area contributed by atoms with Crippen LogP contribution in [0.5, 0.6) is 0 Å². The Kier molecular flexibility index (Phi) is 2.93. The Morgan fingerprint density at radius 2 is 2.32 bits per heavy atom. The van der Waals surface area contributed by atoms with Crippen LogP contribution in [-0.4, -0.2) is 28.6 Å². The van der Waals surface area contributed by atoms with Crippen molar-refractivity contribution in [2.75, 3.05) is 7.11 Å². The minimum atomic E-state index is -0.538. The third-order valence-electron chi connectivity index (χ3n) is 3.61. The van der Waals surface area contributed by atoms with Gasteiger partial charge in [0.05, 0.1) is 32.7 Å². The van der Waals surface area contributed by atoms with E-state index in [-0.39, 0.29) is 5.97 Å². The quantitative estimate of drug-likeness (QED) is 0.766. The van der Waals surface area contributed by atoms with E-state index in [1.165, 1.54) is 7.11 Å². The number of rotatable bonds is 3. The molecule has 1 aromatic rings. The predicted octanol–water partition coefficient (Wildman–Crippen LogP) is 1.15. The van der Waals surface area contributed by atoms with Gasteiger partial charge in [-0.25, -0.2) is 0 Å². The highest BCUT2D eigenvalue weighted by molar-refractivity contribution is 5.68. The molecule has 0 atom stereocenters. The van der Waals surface area contributed by atoms with Crippen molar-refractivity contribution in [3.05, 3.63) is 30.0 Å². The van der Waals surface area contributed by atoms with Crippen LogP contribution < -0.4 is 0 Å². The fourth-order valence-corrected chi connectivity index (χ4v) is 2.60. The molecule has 1 aromatic heterocycles. The Morgan fingerprint density at radius 3 is 3.05 bits per heavy atom. The van der Waals surface area contributed by atoms with Crippen molar-refractivity contribution in [2.24, 2.45) is 0 Å². The molecular weight excluding hydrogens is 248 g/mol. The average Bonchev–Trinajstić information content (AvgIpc) is 3.03. The number of ether oxygens (including phenoxy) is 3. The Bertz CT molecular complexity index is 513.